The van der Waals surface area contributed by atoms with Crippen molar-refractivity contribution in [1.29, 1.82) is 0 Å². The summed E-state index contributed by atoms with van der Waals surface area (Å²) in [5.41, 5.74) is 0.991. The van der Waals surface area contributed by atoms with Crippen LogP contribution in [0.25, 0.3) is 0 Å². The van der Waals surface area contributed by atoms with Crippen LogP contribution < -0.4 is 4.74 Å². The molecule has 0 fully saturated rings. The molecule has 1 aromatic carbocycles. The van der Waals surface area contributed by atoms with Crippen LogP contribution in [0.2, 0.25) is 0 Å². The predicted octanol–water partition coefficient (Wildman–Crippen LogP) is 3.24. The van der Waals surface area contributed by atoms with Gasteiger partial charge in [-0.2, -0.15) is 0 Å². The number of alkyl halides is 2. The van der Waals surface area contributed by atoms with Gasteiger partial charge >= 0.3 is 0 Å². The lowest BCUT2D eigenvalue weighted by atomic mass is 10.2. The summed E-state index contributed by atoms with van der Waals surface area (Å²) in [7, 11) is 1.61. The summed E-state index contributed by atoms with van der Waals surface area (Å²) in [6, 6.07) is 7.59. The van der Waals surface area contributed by atoms with E-state index in [1.807, 2.05) is 31.2 Å². The first-order valence-electron chi connectivity index (χ1n) is 5.78. The second-order valence-electron chi connectivity index (χ2n) is 3.91. The SMILES string of the molecule is CCCN(Cc1cccc(OC)c1)C(=O)C(Cl)Cl. The van der Waals surface area contributed by atoms with E-state index in [-0.39, 0.29) is 5.91 Å². The molecule has 0 atom stereocenters. The first-order chi connectivity index (χ1) is 8.58. The first-order valence-corrected chi connectivity index (χ1v) is 6.65. The van der Waals surface area contributed by atoms with Gasteiger partial charge in [0.1, 0.15) is 5.75 Å². The zero-order chi connectivity index (χ0) is 13.5. The van der Waals surface area contributed by atoms with Crippen LogP contribution in [-0.2, 0) is 11.3 Å². The van der Waals surface area contributed by atoms with Crippen molar-refractivity contribution < 1.29 is 9.53 Å². The molecule has 0 N–H and O–H groups in total. The number of amides is 1. The fourth-order valence-corrected chi connectivity index (χ4v) is 1.94. The van der Waals surface area contributed by atoms with Crippen molar-refractivity contribution in [2.45, 2.75) is 24.7 Å². The Balaban J connectivity index is 2.79. The van der Waals surface area contributed by atoms with E-state index in [2.05, 4.69) is 0 Å². The maximum absolute atomic E-state index is 11.8. The predicted molar refractivity (Wildman–Crippen MR) is 74.2 cm³/mol. The number of benzene rings is 1. The van der Waals surface area contributed by atoms with Crippen LogP contribution in [0.3, 0.4) is 0 Å². The second-order valence-corrected chi connectivity index (χ2v) is 5.01. The lowest BCUT2D eigenvalue weighted by Crippen LogP contribution is -2.35. The molecule has 5 heteroatoms. The highest BCUT2D eigenvalue weighted by atomic mass is 35.5. The number of hydrogen-bond donors (Lipinski definition) is 0. The summed E-state index contributed by atoms with van der Waals surface area (Å²) in [5.74, 6) is 0.507. The summed E-state index contributed by atoms with van der Waals surface area (Å²) in [6.45, 7) is 3.12. The molecular weight excluding hydrogens is 273 g/mol. The Hall–Kier alpha value is -0.930. The van der Waals surface area contributed by atoms with Crippen molar-refractivity contribution >= 4 is 29.1 Å². The number of hydrogen-bond acceptors (Lipinski definition) is 2. The van der Waals surface area contributed by atoms with E-state index in [1.165, 1.54) is 0 Å². The molecule has 0 aliphatic heterocycles. The standard InChI is InChI=1S/C13H17Cl2NO2/c1-3-7-16(13(17)12(14)15)9-10-5-4-6-11(8-10)18-2/h4-6,8,12H,3,7,9H2,1-2H3. The fourth-order valence-electron chi connectivity index (χ4n) is 1.67. The maximum atomic E-state index is 11.8. The molecule has 0 spiro atoms. The van der Waals surface area contributed by atoms with Gasteiger partial charge in [-0.05, 0) is 24.1 Å². The van der Waals surface area contributed by atoms with Gasteiger partial charge in [-0.3, -0.25) is 4.79 Å². The fraction of sp³-hybridized carbons (Fsp3) is 0.462. The Morgan fingerprint density at radius 3 is 2.72 bits per heavy atom. The van der Waals surface area contributed by atoms with Gasteiger partial charge in [-0.15, -0.1) is 0 Å². The van der Waals surface area contributed by atoms with Gasteiger partial charge in [0.05, 0.1) is 7.11 Å². The van der Waals surface area contributed by atoms with Gasteiger partial charge in [0.25, 0.3) is 5.91 Å². The van der Waals surface area contributed by atoms with Crippen molar-refractivity contribution in [2.24, 2.45) is 0 Å². The Bertz CT molecular complexity index is 396. The molecule has 0 radical (unpaired) electrons. The van der Waals surface area contributed by atoms with E-state index in [4.69, 9.17) is 27.9 Å². The van der Waals surface area contributed by atoms with Crippen LogP contribution in [0.5, 0.6) is 5.75 Å². The van der Waals surface area contributed by atoms with E-state index in [0.717, 1.165) is 17.7 Å². The maximum Gasteiger partial charge on any atom is 0.256 e. The summed E-state index contributed by atoms with van der Waals surface area (Å²) in [6.07, 6.45) is 0.857. The van der Waals surface area contributed by atoms with Gasteiger partial charge in [0, 0.05) is 13.1 Å². The molecule has 0 aromatic heterocycles. The highest BCUT2D eigenvalue weighted by Crippen LogP contribution is 2.16. The van der Waals surface area contributed by atoms with Crippen LogP contribution in [0.1, 0.15) is 18.9 Å². The number of carbonyl (C=O) groups excluding carboxylic acids is 1. The zero-order valence-corrected chi connectivity index (χ0v) is 12.0. The van der Waals surface area contributed by atoms with Crippen molar-refractivity contribution in [3.05, 3.63) is 29.8 Å². The Morgan fingerprint density at radius 1 is 1.44 bits per heavy atom. The van der Waals surface area contributed by atoms with Crippen molar-refractivity contribution in [3.63, 3.8) is 0 Å². The largest absolute Gasteiger partial charge is 0.497 e. The smallest absolute Gasteiger partial charge is 0.256 e. The summed E-state index contributed by atoms with van der Waals surface area (Å²) in [4.78, 5) is 12.5. The highest BCUT2D eigenvalue weighted by molar-refractivity contribution is 6.53. The third-order valence-electron chi connectivity index (χ3n) is 2.50. The van der Waals surface area contributed by atoms with Crippen molar-refractivity contribution in [2.75, 3.05) is 13.7 Å². The van der Waals surface area contributed by atoms with Gasteiger partial charge in [-0.25, -0.2) is 0 Å². The van der Waals surface area contributed by atoms with E-state index >= 15 is 0 Å². The minimum atomic E-state index is -1.01. The number of carbonyl (C=O) groups is 1. The molecule has 100 valence electrons. The molecule has 0 heterocycles. The van der Waals surface area contributed by atoms with Crippen LogP contribution in [0, 0.1) is 0 Å². The number of rotatable bonds is 6. The average Bonchev–Trinajstić information content (AvgIpc) is 2.37. The minimum Gasteiger partial charge on any atom is -0.497 e. The number of ether oxygens (including phenoxy) is 1. The molecule has 0 saturated heterocycles. The summed E-state index contributed by atoms with van der Waals surface area (Å²) >= 11 is 11.3. The molecule has 1 aromatic rings. The number of nitrogens with zero attached hydrogens (tertiary/aromatic N) is 1. The number of methoxy groups -OCH3 is 1. The second kappa shape index (κ2) is 7.49. The topological polar surface area (TPSA) is 29.5 Å². The van der Waals surface area contributed by atoms with Crippen LogP contribution >= 0.6 is 23.2 Å². The third kappa shape index (κ3) is 4.39. The molecule has 1 amide bonds. The Morgan fingerprint density at radius 2 is 2.17 bits per heavy atom. The van der Waals surface area contributed by atoms with Crippen LogP contribution in [0.4, 0.5) is 0 Å². The van der Waals surface area contributed by atoms with E-state index in [1.54, 1.807) is 12.0 Å². The lowest BCUT2D eigenvalue weighted by molar-refractivity contribution is -0.130. The molecule has 0 bridgehead atoms. The molecule has 18 heavy (non-hydrogen) atoms. The van der Waals surface area contributed by atoms with Crippen molar-refractivity contribution in [1.82, 2.24) is 4.90 Å². The third-order valence-corrected chi connectivity index (χ3v) is 2.87. The molecule has 0 aliphatic rings. The van der Waals surface area contributed by atoms with E-state index in [0.29, 0.717) is 13.1 Å². The summed E-state index contributed by atoms with van der Waals surface area (Å²) < 4.78 is 5.15. The first kappa shape index (κ1) is 15.1. The van der Waals surface area contributed by atoms with E-state index in [9.17, 15) is 4.79 Å². The Labute approximate surface area is 118 Å². The van der Waals surface area contributed by atoms with Gasteiger partial charge < -0.3 is 9.64 Å². The molecule has 0 aliphatic carbocycles. The molecule has 0 saturated carbocycles. The average molecular weight is 290 g/mol. The highest BCUT2D eigenvalue weighted by Gasteiger charge is 2.19. The van der Waals surface area contributed by atoms with Gasteiger partial charge in [0.15, 0.2) is 4.84 Å². The van der Waals surface area contributed by atoms with Gasteiger partial charge in [-0.1, -0.05) is 42.3 Å². The molecule has 0 unspecified atom stereocenters. The van der Waals surface area contributed by atoms with Gasteiger partial charge in [0.2, 0.25) is 0 Å². The summed E-state index contributed by atoms with van der Waals surface area (Å²) in [5, 5.41) is 0. The molecular formula is C13H17Cl2NO2. The Kier molecular flexibility index (Phi) is 6.30. The monoisotopic (exact) mass is 289 g/mol. The van der Waals surface area contributed by atoms with Crippen LogP contribution in [-0.4, -0.2) is 29.3 Å². The zero-order valence-electron chi connectivity index (χ0n) is 10.5. The normalized spacial score (nSPS) is 10.5. The van der Waals surface area contributed by atoms with Crippen LogP contribution in [0.15, 0.2) is 24.3 Å². The number of halogens is 2. The molecule has 1 rings (SSSR count). The quantitative estimate of drug-likeness (QED) is 0.753. The molecule has 3 nitrogen and oxygen atoms in total. The lowest BCUT2D eigenvalue weighted by Gasteiger charge is -2.23. The van der Waals surface area contributed by atoms with Crippen molar-refractivity contribution in [3.8, 4) is 5.75 Å². The minimum absolute atomic E-state index is 0.261. The van der Waals surface area contributed by atoms with E-state index < -0.39 is 4.84 Å².